The van der Waals surface area contributed by atoms with E-state index < -0.39 is 11.7 Å². The lowest BCUT2D eigenvalue weighted by Crippen LogP contribution is -2.27. The van der Waals surface area contributed by atoms with Crippen LogP contribution in [0.25, 0.3) is 11.2 Å². The molecule has 0 aliphatic heterocycles. The van der Waals surface area contributed by atoms with Gasteiger partial charge in [0.25, 0.3) is 0 Å². The van der Waals surface area contributed by atoms with Crippen molar-refractivity contribution in [3.8, 4) is 0 Å². The van der Waals surface area contributed by atoms with Gasteiger partial charge in [-0.15, -0.1) is 0 Å². The summed E-state index contributed by atoms with van der Waals surface area (Å²) >= 11 is 0. The summed E-state index contributed by atoms with van der Waals surface area (Å²) in [5, 5.41) is 2.61. The number of anilines is 1. The summed E-state index contributed by atoms with van der Waals surface area (Å²) in [5.74, 6) is 0.351. The average molecular weight is 277 g/mol. The van der Waals surface area contributed by atoms with Crippen molar-refractivity contribution in [2.24, 2.45) is 0 Å². The number of nitrogens with zero attached hydrogens (tertiary/aromatic N) is 4. The highest BCUT2D eigenvalue weighted by atomic mass is 16.6. The Labute approximate surface area is 117 Å². The number of amides is 1. The minimum absolute atomic E-state index is 0.226. The van der Waals surface area contributed by atoms with Crippen LogP contribution in [0.2, 0.25) is 0 Å². The van der Waals surface area contributed by atoms with E-state index in [-0.39, 0.29) is 6.04 Å². The van der Waals surface area contributed by atoms with Gasteiger partial charge in [-0.2, -0.15) is 0 Å². The summed E-state index contributed by atoms with van der Waals surface area (Å²) in [4.78, 5) is 24.3. The van der Waals surface area contributed by atoms with Crippen molar-refractivity contribution >= 4 is 23.1 Å². The molecule has 0 radical (unpaired) electrons. The fraction of sp³-hybridized carbons (Fsp3) is 0.538. The van der Waals surface area contributed by atoms with Crippen molar-refractivity contribution in [2.75, 3.05) is 5.32 Å². The first kappa shape index (κ1) is 14.2. The van der Waals surface area contributed by atoms with Crippen molar-refractivity contribution in [3.05, 3.63) is 12.7 Å². The van der Waals surface area contributed by atoms with Crippen LogP contribution in [-0.4, -0.2) is 31.2 Å². The zero-order valence-corrected chi connectivity index (χ0v) is 12.3. The first-order chi connectivity index (χ1) is 9.28. The van der Waals surface area contributed by atoms with Gasteiger partial charge in [-0.3, -0.25) is 5.32 Å². The molecule has 0 unspecified atom stereocenters. The van der Waals surface area contributed by atoms with Crippen molar-refractivity contribution in [2.45, 2.75) is 46.3 Å². The minimum atomic E-state index is -0.562. The Hall–Kier alpha value is -2.18. The second-order valence-corrected chi connectivity index (χ2v) is 5.77. The summed E-state index contributed by atoms with van der Waals surface area (Å²) < 4.78 is 7.11. The molecular formula is C13H19N5O2. The molecule has 1 N–H and O–H groups in total. The molecular weight excluding hydrogens is 258 g/mol. The number of carbonyl (C=O) groups excluding carboxylic acids is 1. The van der Waals surface area contributed by atoms with Gasteiger partial charge in [0.2, 0.25) is 0 Å². The highest BCUT2D eigenvalue weighted by Gasteiger charge is 2.19. The van der Waals surface area contributed by atoms with Crippen LogP contribution in [0, 0.1) is 0 Å². The summed E-state index contributed by atoms with van der Waals surface area (Å²) in [7, 11) is 0. The number of nitrogens with one attached hydrogen (secondary N) is 1. The number of imidazole rings is 1. The Balaban J connectivity index is 2.29. The molecule has 1 amide bonds. The minimum Gasteiger partial charge on any atom is -0.444 e. The second-order valence-electron chi connectivity index (χ2n) is 5.77. The highest BCUT2D eigenvalue weighted by Crippen LogP contribution is 2.20. The lowest BCUT2D eigenvalue weighted by molar-refractivity contribution is 0.0635. The van der Waals surface area contributed by atoms with Crippen LogP contribution in [0.4, 0.5) is 10.6 Å². The van der Waals surface area contributed by atoms with Crippen LogP contribution in [0.15, 0.2) is 12.7 Å². The number of rotatable bonds is 2. The largest absolute Gasteiger partial charge is 0.444 e. The molecule has 108 valence electrons. The van der Waals surface area contributed by atoms with E-state index in [9.17, 15) is 4.79 Å². The number of carbonyl (C=O) groups is 1. The molecule has 0 aliphatic carbocycles. The van der Waals surface area contributed by atoms with Gasteiger partial charge < -0.3 is 9.30 Å². The zero-order chi connectivity index (χ0) is 14.9. The quantitative estimate of drug-likeness (QED) is 0.912. The molecule has 0 spiro atoms. The number of aromatic nitrogens is 4. The topological polar surface area (TPSA) is 81.9 Å². The van der Waals surface area contributed by atoms with Crippen molar-refractivity contribution in [1.29, 1.82) is 0 Å². The number of ether oxygens (including phenoxy) is 1. The Morgan fingerprint density at radius 1 is 1.30 bits per heavy atom. The molecule has 0 saturated heterocycles. The van der Waals surface area contributed by atoms with Gasteiger partial charge in [0.15, 0.2) is 17.0 Å². The Morgan fingerprint density at radius 2 is 2.00 bits per heavy atom. The van der Waals surface area contributed by atoms with Gasteiger partial charge in [-0.1, -0.05) is 0 Å². The third-order valence-electron chi connectivity index (χ3n) is 2.53. The van der Waals surface area contributed by atoms with Gasteiger partial charge in [-0.25, -0.2) is 19.7 Å². The molecule has 2 aromatic rings. The molecule has 0 saturated carbocycles. The lowest BCUT2D eigenvalue weighted by Gasteiger charge is -2.19. The maximum absolute atomic E-state index is 11.8. The van der Waals surface area contributed by atoms with Crippen LogP contribution < -0.4 is 5.32 Å². The first-order valence-electron chi connectivity index (χ1n) is 6.45. The smallest absolute Gasteiger partial charge is 0.413 e. The van der Waals surface area contributed by atoms with Gasteiger partial charge in [0.1, 0.15) is 11.9 Å². The summed E-state index contributed by atoms with van der Waals surface area (Å²) in [6, 6.07) is 0.226. The predicted octanol–water partition coefficient (Wildman–Crippen LogP) is 2.75. The van der Waals surface area contributed by atoms with E-state index in [2.05, 4.69) is 20.3 Å². The Kier molecular flexibility index (Phi) is 3.61. The van der Waals surface area contributed by atoms with E-state index in [0.29, 0.717) is 17.0 Å². The molecule has 7 nitrogen and oxygen atoms in total. The molecule has 2 rings (SSSR count). The third kappa shape index (κ3) is 3.04. The standard InChI is InChI=1S/C13H19N5O2/c1-8(2)18-7-16-9-10(14-6-15-11(9)18)17-12(19)20-13(3,4)5/h6-8H,1-5H3,(H,14,15,17,19). The van der Waals surface area contributed by atoms with E-state index in [1.165, 1.54) is 6.33 Å². The lowest BCUT2D eigenvalue weighted by atomic mass is 10.2. The highest BCUT2D eigenvalue weighted by molar-refractivity contribution is 5.93. The van der Waals surface area contributed by atoms with Crippen LogP contribution >= 0.6 is 0 Å². The fourth-order valence-electron chi connectivity index (χ4n) is 1.72. The van der Waals surface area contributed by atoms with Gasteiger partial charge in [0, 0.05) is 6.04 Å². The van der Waals surface area contributed by atoms with E-state index in [1.807, 2.05) is 18.4 Å². The van der Waals surface area contributed by atoms with Gasteiger partial charge in [-0.05, 0) is 34.6 Å². The molecule has 0 fully saturated rings. The number of fused-ring (bicyclic) bond motifs is 1. The van der Waals surface area contributed by atoms with E-state index >= 15 is 0 Å². The van der Waals surface area contributed by atoms with E-state index in [4.69, 9.17) is 4.74 Å². The Morgan fingerprint density at radius 3 is 2.60 bits per heavy atom. The monoisotopic (exact) mass is 277 g/mol. The Bertz CT molecular complexity index is 627. The zero-order valence-electron chi connectivity index (χ0n) is 12.3. The van der Waals surface area contributed by atoms with Crippen LogP contribution in [-0.2, 0) is 4.74 Å². The molecule has 7 heteroatoms. The predicted molar refractivity (Wildman–Crippen MR) is 75.6 cm³/mol. The number of hydrogen-bond donors (Lipinski definition) is 1. The molecule has 0 aliphatic rings. The van der Waals surface area contributed by atoms with E-state index in [0.717, 1.165) is 0 Å². The normalized spacial score (nSPS) is 11.9. The number of hydrogen-bond acceptors (Lipinski definition) is 5. The molecule has 0 bridgehead atoms. The SMILES string of the molecule is CC(C)n1cnc2c(NC(=O)OC(C)(C)C)ncnc21. The second kappa shape index (κ2) is 5.07. The van der Waals surface area contributed by atoms with Crippen LogP contribution in [0.1, 0.15) is 40.7 Å². The molecule has 0 aromatic carbocycles. The van der Waals surface area contributed by atoms with Crippen molar-refractivity contribution in [1.82, 2.24) is 19.5 Å². The van der Waals surface area contributed by atoms with Gasteiger partial charge >= 0.3 is 6.09 Å². The summed E-state index contributed by atoms with van der Waals surface area (Å²) in [6.07, 6.45) is 2.52. The van der Waals surface area contributed by atoms with Crippen LogP contribution in [0.3, 0.4) is 0 Å². The molecule has 20 heavy (non-hydrogen) atoms. The summed E-state index contributed by atoms with van der Waals surface area (Å²) in [5.41, 5.74) is 0.668. The van der Waals surface area contributed by atoms with E-state index in [1.54, 1.807) is 27.1 Å². The maximum Gasteiger partial charge on any atom is 0.413 e. The molecule has 2 heterocycles. The first-order valence-corrected chi connectivity index (χ1v) is 6.45. The van der Waals surface area contributed by atoms with Crippen molar-refractivity contribution in [3.63, 3.8) is 0 Å². The van der Waals surface area contributed by atoms with Crippen molar-refractivity contribution < 1.29 is 9.53 Å². The third-order valence-corrected chi connectivity index (χ3v) is 2.53. The molecule has 0 atom stereocenters. The van der Waals surface area contributed by atoms with Crippen LogP contribution in [0.5, 0.6) is 0 Å². The maximum atomic E-state index is 11.8. The van der Waals surface area contributed by atoms with Gasteiger partial charge in [0.05, 0.1) is 6.33 Å². The average Bonchev–Trinajstić information content (AvgIpc) is 2.71. The summed E-state index contributed by atoms with van der Waals surface area (Å²) in [6.45, 7) is 9.47. The fourth-order valence-corrected chi connectivity index (χ4v) is 1.72. The molecule has 2 aromatic heterocycles.